The molecule has 0 radical (unpaired) electrons. The van der Waals surface area contributed by atoms with E-state index in [1.807, 2.05) is 18.2 Å². The Labute approximate surface area is 145 Å². The summed E-state index contributed by atoms with van der Waals surface area (Å²) in [4.78, 5) is 16.3. The first-order chi connectivity index (χ1) is 12.2. The molecule has 1 heterocycles. The average molecular weight is 335 g/mol. The van der Waals surface area contributed by atoms with Gasteiger partial charge in [0.25, 0.3) is 5.91 Å². The monoisotopic (exact) mass is 335 g/mol. The Morgan fingerprint density at radius 3 is 2.52 bits per heavy atom. The summed E-state index contributed by atoms with van der Waals surface area (Å²) in [6.45, 7) is -0.0996. The molecule has 3 rings (SSSR count). The molecule has 6 nitrogen and oxygen atoms in total. The number of anilines is 3. The Hall–Kier alpha value is -3.54. The van der Waals surface area contributed by atoms with Crippen molar-refractivity contribution in [1.82, 2.24) is 4.98 Å². The highest BCUT2D eigenvalue weighted by atomic mass is 16.5. The molecule has 0 spiro atoms. The van der Waals surface area contributed by atoms with Crippen LogP contribution in [0.2, 0.25) is 0 Å². The van der Waals surface area contributed by atoms with Gasteiger partial charge in [0.15, 0.2) is 12.4 Å². The largest absolute Gasteiger partial charge is 0.508 e. The molecule has 0 aliphatic rings. The third kappa shape index (κ3) is 4.71. The van der Waals surface area contributed by atoms with Gasteiger partial charge in [0, 0.05) is 11.9 Å². The first-order valence-corrected chi connectivity index (χ1v) is 7.69. The molecule has 0 aliphatic heterocycles. The van der Waals surface area contributed by atoms with Crippen molar-refractivity contribution < 1.29 is 14.6 Å². The fourth-order valence-corrected chi connectivity index (χ4v) is 2.14. The standard InChI is InChI=1S/C19H17N3O3/c23-15-10-8-14(9-11-15)21-19-17(7-4-12-20-19)22-18(24)13-25-16-5-2-1-3-6-16/h1-12,23H,13H2,(H,20,21)(H,22,24). The Kier molecular flexibility index (Phi) is 5.11. The van der Waals surface area contributed by atoms with Crippen molar-refractivity contribution in [3.8, 4) is 11.5 Å². The highest BCUT2D eigenvalue weighted by Crippen LogP contribution is 2.24. The van der Waals surface area contributed by atoms with Crippen LogP contribution in [0.25, 0.3) is 0 Å². The number of phenolic OH excluding ortho intramolecular Hbond substituents is 1. The fourth-order valence-electron chi connectivity index (χ4n) is 2.14. The van der Waals surface area contributed by atoms with E-state index in [1.54, 1.807) is 54.7 Å². The van der Waals surface area contributed by atoms with Crippen LogP contribution in [0, 0.1) is 0 Å². The lowest BCUT2D eigenvalue weighted by atomic mass is 10.3. The van der Waals surface area contributed by atoms with Gasteiger partial charge < -0.3 is 20.5 Å². The first kappa shape index (κ1) is 16.3. The van der Waals surface area contributed by atoms with Crippen molar-refractivity contribution in [2.45, 2.75) is 0 Å². The normalized spacial score (nSPS) is 10.1. The number of ether oxygens (including phenoxy) is 1. The maximum atomic E-state index is 12.1. The molecule has 0 saturated carbocycles. The molecular formula is C19H17N3O3. The van der Waals surface area contributed by atoms with Gasteiger partial charge in [-0.25, -0.2) is 4.98 Å². The molecule has 0 aliphatic carbocycles. The van der Waals surface area contributed by atoms with Gasteiger partial charge in [0.05, 0.1) is 5.69 Å². The maximum absolute atomic E-state index is 12.1. The second kappa shape index (κ2) is 7.83. The van der Waals surface area contributed by atoms with Crippen LogP contribution in [-0.2, 0) is 4.79 Å². The molecule has 0 unspecified atom stereocenters. The quantitative estimate of drug-likeness (QED) is 0.600. The molecule has 2 aromatic carbocycles. The smallest absolute Gasteiger partial charge is 0.262 e. The number of aromatic nitrogens is 1. The SMILES string of the molecule is O=C(COc1ccccc1)Nc1cccnc1Nc1ccc(O)cc1. The van der Waals surface area contributed by atoms with E-state index in [1.165, 1.54) is 0 Å². The lowest BCUT2D eigenvalue weighted by Gasteiger charge is -2.12. The first-order valence-electron chi connectivity index (χ1n) is 7.69. The van der Waals surface area contributed by atoms with E-state index >= 15 is 0 Å². The summed E-state index contributed by atoms with van der Waals surface area (Å²) in [5.74, 6) is 1.02. The van der Waals surface area contributed by atoms with Gasteiger partial charge >= 0.3 is 0 Å². The Morgan fingerprint density at radius 2 is 1.76 bits per heavy atom. The van der Waals surface area contributed by atoms with E-state index in [0.29, 0.717) is 17.3 Å². The van der Waals surface area contributed by atoms with Gasteiger partial charge in [0.1, 0.15) is 11.5 Å². The number of para-hydroxylation sites is 1. The van der Waals surface area contributed by atoms with Gasteiger partial charge in [-0.05, 0) is 48.5 Å². The Balaban J connectivity index is 1.64. The molecule has 3 N–H and O–H groups in total. The van der Waals surface area contributed by atoms with Gasteiger partial charge in [-0.15, -0.1) is 0 Å². The van der Waals surface area contributed by atoms with Crippen LogP contribution in [-0.4, -0.2) is 22.6 Å². The molecule has 1 aromatic heterocycles. The molecule has 0 bridgehead atoms. The number of nitrogens with zero attached hydrogens (tertiary/aromatic N) is 1. The van der Waals surface area contributed by atoms with Crippen molar-refractivity contribution in [3.63, 3.8) is 0 Å². The predicted molar refractivity (Wildman–Crippen MR) is 96.2 cm³/mol. The number of nitrogens with one attached hydrogen (secondary N) is 2. The van der Waals surface area contributed by atoms with Gasteiger partial charge in [-0.1, -0.05) is 18.2 Å². The number of aromatic hydroxyl groups is 1. The minimum atomic E-state index is -0.286. The van der Waals surface area contributed by atoms with E-state index in [4.69, 9.17) is 4.74 Å². The van der Waals surface area contributed by atoms with Crippen LogP contribution in [0.3, 0.4) is 0 Å². The minimum Gasteiger partial charge on any atom is -0.508 e. The average Bonchev–Trinajstić information content (AvgIpc) is 2.64. The Bertz CT molecular complexity index is 836. The Morgan fingerprint density at radius 1 is 1.00 bits per heavy atom. The maximum Gasteiger partial charge on any atom is 0.262 e. The van der Waals surface area contributed by atoms with E-state index in [-0.39, 0.29) is 18.3 Å². The number of rotatable bonds is 6. The van der Waals surface area contributed by atoms with Crippen molar-refractivity contribution in [1.29, 1.82) is 0 Å². The third-order valence-electron chi connectivity index (χ3n) is 3.32. The van der Waals surface area contributed by atoms with Crippen molar-refractivity contribution >= 4 is 23.1 Å². The topological polar surface area (TPSA) is 83.5 Å². The van der Waals surface area contributed by atoms with Crippen LogP contribution in [0.5, 0.6) is 11.5 Å². The van der Waals surface area contributed by atoms with E-state index in [9.17, 15) is 9.90 Å². The zero-order chi connectivity index (χ0) is 17.5. The summed E-state index contributed by atoms with van der Waals surface area (Å²) in [6, 6.07) is 19.2. The molecule has 0 saturated heterocycles. The van der Waals surface area contributed by atoms with Gasteiger partial charge in [-0.3, -0.25) is 4.79 Å². The van der Waals surface area contributed by atoms with Crippen molar-refractivity contribution in [2.24, 2.45) is 0 Å². The van der Waals surface area contributed by atoms with E-state index < -0.39 is 0 Å². The molecule has 3 aromatic rings. The summed E-state index contributed by atoms with van der Waals surface area (Å²) in [5, 5.41) is 15.2. The van der Waals surface area contributed by atoms with E-state index in [0.717, 1.165) is 5.69 Å². The van der Waals surface area contributed by atoms with Crippen LogP contribution < -0.4 is 15.4 Å². The van der Waals surface area contributed by atoms with Crippen LogP contribution in [0.1, 0.15) is 0 Å². The van der Waals surface area contributed by atoms with Gasteiger partial charge in [0.2, 0.25) is 0 Å². The van der Waals surface area contributed by atoms with Crippen molar-refractivity contribution in [2.75, 3.05) is 17.2 Å². The summed E-state index contributed by atoms with van der Waals surface area (Å²) >= 11 is 0. The number of carbonyl (C=O) groups is 1. The number of benzene rings is 2. The highest BCUT2D eigenvalue weighted by molar-refractivity contribution is 5.95. The van der Waals surface area contributed by atoms with Crippen LogP contribution in [0.15, 0.2) is 72.9 Å². The molecule has 25 heavy (non-hydrogen) atoms. The molecule has 126 valence electrons. The zero-order valence-corrected chi connectivity index (χ0v) is 13.3. The summed E-state index contributed by atoms with van der Waals surface area (Å²) in [5.41, 5.74) is 1.28. The number of hydrogen-bond acceptors (Lipinski definition) is 5. The number of amides is 1. The zero-order valence-electron chi connectivity index (χ0n) is 13.3. The number of phenols is 1. The molecule has 1 amide bonds. The molecule has 0 atom stereocenters. The number of carbonyl (C=O) groups excluding carboxylic acids is 1. The lowest BCUT2D eigenvalue weighted by Crippen LogP contribution is -2.20. The minimum absolute atomic E-state index is 0.0996. The molecule has 0 fully saturated rings. The number of pyridine rings is 1. The predicted octanol–water partition coefficient (Wildman–Crippen LogP) is 3.55. The summed E-state index contributed by atoms with van der Waals surface area (Å²) in [6.07, 6.45) is 1.62. The van der Waals surface area contributed by atoms with E-state index in [2.05, 4.69) is 15.6 Å². The van der Waals surface area contributed by atoms with Crippen LogP contribution in [0.4, 0.5) is 17.2 Å². The van der Waals surface area contributed by atoms with Crippen LogP contribution >= 0.6 is 0 Å². The highest BCUT2D eigenvalue weighted by Gasteiger charge is 2.09. The second-order valence-corrected chi connectivity index (χ2v) is 5.22. The van der Waals surface area contributed by atoms with Crippen molar-refractivity contribution in [3.05, 3.63) is 72.9 Å². The summed E-state index contributed by atoms with van der Waals surface area (Å²) in [7, 11) is 0. The third-order valence-corrected chi connectivity index (χ3v) is 3.32. The number of hydrogen-bond donors (Lipinski definition) is 3. The lowest BCUT2D eigenvalue weighted by molar-refractivity contribution is -0.118. The van der Waals surface area contributed by atoms with Gasteiger partial charge in [-0.2, -0.15) is 0 Å². The summed E-state index contributed by atoms with van der Waals surface area (Å²) < 4.78 is 5.43. The molecular weight excluding hydrogens is 318 g/mol. The second-order valence-electron chi connectivity index (χ2n) is 5.22. The molecule has 6 heteroatoms. The fraction of sp³-hybridized carbons (Fsp3) is 0.0526.